The van der Waals surface area contributed by atoms with Crippen LogP contribution in [-0.4, -0.2) is 44.0 Å². The van der Waals surface area contributed by atoms with Crippen LogP contribution in [0.25, 0.3) is 0 Å². The summed E-state index contributed by atoms with van der Waals surface area (Å²) in [5.41, 5.74) is 8.11. The van der Waals surface area contributed by atoms with Crippen LogP contribution in [0.15, 0.2) is 24.3 Å². The van der Waals surface area contributed by atoms with Crippen molar-refractivity contribution in [1.82, 2.24) is 0 Å². The molecule has 1 atom stereocenters. The molecule has 154 valence electrons. The normalized spacial score (nSPS) is 17.8. The Kier molecular flexibility index (Phi) is 5.56. The molecule has 1 fully saturated rings. The molecule has 0 spiro atoms. The van der Waals surface area contributed by atoms with Crippen molar-refractivity contribution in [3.8, 4) is 0 Å². The number of rotatable bonds is 5. The number of halogens is 1. The highest BCUT2D eigenvalue weighted by Crippen LogP contribution is 2.38. The van der Waals surface area contributed by atoms with Crippen molar-refractivity contribution in [2.45, 2.75) is 32.2 Å². The van der Waals surface area contributed by atoms with E-state index in [4.69, 9.17) is 5.73 Å². The number of fused-ring (bicyclic) bond motifs is 1. The number of anilines is 2. The largest absolute Gasteiger partial charge is 0.365 e. The number of amides is 2. The molecular formula is C21H26FN4O2S+. The van der Waals surface area contributed by atoms with Crippen LogP contribution in [0.5, 0.6) is 0 Å². The van der Waals surface area contributed by atoms with E-state index in [1.807, 2.05) is 6.92 Å². The number of carbonyl (C=O) groups excluding carboxylic acids is 2. The second kappa shape index (κ2) is 8.12. The highest BCUT2D eigenvalue weighted by molar-refractivity contribution is 7.17. The maximum Gasteiger partial charge on any atom is 0.282 e. The Bertz CT molecular complexity index is 920. The minimum absolute atomic E-state index is 0.0855. The molecule has 0 unspecified atom stereocenters. The van der Waals surface area contributed by atoms with E-state index in [0.29, 0.717) is 10.6 Å². The maximum atomic E-state index is 13.1. The molecule has 2 aliphatic rings. The lowest BCUT2D eigenvalue weighted by molar-refractivity contribution is -0.914. The summed E-state index contributed by atoms with van der Waals surface area (Å²) in [6.07, 6.45) is 2.84. The van der Waals surface area contributed by atoms with Crippen molar-refractivity contribution >= 4 is 33.8 Å². The van der Waals surface area contributed by atoms with Crippen LogP contribution >= 0.6 is 11.3 Å². The topological polar surface area (TPSA) is 79.9 Å². The van der Waals surface area contributed by atoms with E-state index in [9.17, 15) is 14.0 Å². The highest BCUT2D eigenvalue weighted by Gasteiger charge is 2.32. The minimum Gasteiger partial charge on any atom is -0.365 e. The smallest absolute Gasteiger partial charge is 0.282 e. The second-order valence-electron chi connectivity index (χ2n) is 7.76. The third-order valence-electron chi connectivity index (χ3n) is 6.01. The monoisotopic (exact) mass is 417 g/mol. The molecule has 0 bridgehead atoms. The number of piperazine rings is 1. The third kappa shape index (κ3) is 4.00. The van der Waals surface area contributed by atoms with Crippen molar-refractivity contribution in [3.63, 3.8) is 0 Å². The molecule has 4 N–H and O–H groups in total. The van der Waals surface area contributed by atoms with Gasteiger partial charge in [0.1, 0.15) is 10.8 Å². The number of nitrogens with two attached hydrogens (primary N) is 1. The molecule has 2 amide bonds. The second-order valence-corrected chi connectivity index (χ2v) is 8.86. The number of nitrogens with one attached hydrogen (secondary N) is 2. The summed E-state index contributed by atoms with van der Waals surface area (Å²) in [6, 6.07) is 6.29. The van der Waals surface area contributed by atoms with Crippen LogP contribution in [0.4, 0.5) is 15.1 Å². The maximum absolute atomic E-state index is 13.1. The zero-order valence-electron chi connectivity index (χ0n) is 16.5. The summed E-state index contributed by atoms with van der Waals surface area (Å²) in [7, 11) is 0. The van der Waals surface area contributed by atoms with Gasteiger partial charge in [0.05, 0.1) is 31.7 Å². The van der Waals surface area contributed by atoms with Crippen LogP contribution in [0, 0.1) is 5.82 Å². The van der Waals surface area contributed by atoms with E-state index < -0.39 is 5.91 Å². The molecule has 1 aromatic carbocycles. The molecule has 0 radical (unpaired) electrons. The van der Waals surface area contributed by atoms with E-state index in [-0.39, 0.29) is 17.8 Å². The number of benzene rings is 1. The van der Waals surface area contributed by atoms with E-state index in [2.05, 4.69) is 10.2 Å². The summed E-state index contributed by atoms with van der Waals surface area (Å²) in [5.74, 6) is -0.788. The first-order valence-electron chi connectivity index (χ1n) is 10.0. The highest BCUT2D eigenvalue weighted by atomic mass is 32.1. The molecule has 1 saturated heterocycles. The number of nitrogens with zero attached hydrogens (tertiary/aromatic N) is 1. The van der Waals surface area contributed by atoms with E-state index in [1.165, 1.54) is 33.2 Å². The number of hydrogen-bond donors (Lipinski definition) is 3. The molecular weight excluding hydrogens is 391 g/mol. The van der Waals surface area contributed by atoms with E-state index >= 15 is 0 Å². The third-order valence-corrected chi connectivity index (χ3v) is 7.21. The van der Waals surface area contributed by atoms with Crippen molar-refractivity contribution in [1.29, 1.82) is 0 Å². The quantitative estimate of drug-likeness (QED) is 0.684. The fraction of sp³-hybridized carbons (Fsp3) is 0.429. The fourth-order valence-electron chi connectivity index (χ4n) is 4.30. The van der Waals surface area contributed by atoms with Crippen molar-refractivity contribution < 1.29 is 18.9 Å². The first-order chi connectivity index (χ1) is 13.9. The van der Waals surface area contributed by atoms with Gasteiger partial charge in [0, 0.05) is 10.6 Å². The van der Waals surface area contributed by atoms with Gasteiger partial charge in [-0.3, -0.25) is 9.59 Å². The Morgan fingerprint density at radius 3 is 2.55 bits per heavy atom. The predicted molar refractivity (Wildman–Crippen MR) is 112 cm³/mol. The van der Waals surface area contributed by atoms with Crippen LogP contribution in [0.1, 0.15) is 34.1 Å². The Morgan fingerprint density at radius 2 is 1.90 bits per heavy atom. The van der Waals surface area contributed by atoms with Crippen molar-refractivity contribution in [2.75, 3.05) is 36.4 Å². The lowest BCUT2D eigenvalue weighted by Gasteiger charge is -2.36. The van der Waals surface area contributed by atoms with Gasteiger partial charge in [0.15, 0.2) is 6.04 Å². The number of aryl methyl sites for hydroxylation is 1. The summed E-state index contributed by atoms with van der Waals surface area (Å²) in [5, 5.41) is 3.57. The Morgan fingerprint density at radius 1 is 1.21 bits per heavy atom. The van der Waals surface area contributed by atoms with Crippen LogP contribution < -0.4 is 20.9 Å². The van der Waals surface area contributed by atoms with Gasteiger partial charge >= 0.3 is 0 Å². The van der Waals surface area contributed by atoms with Gasteiger partial charge in [-0.2, -0.15) is 0 Å². The molecule has 1 aliphatic heterocycles. The number of carbonyl (C=O) groups is 2. The van der Waals surface area contributed by atoms with Crippen LogP contribution in [0.3, 0.4) is 0 Å². The fourth-order valence-corrected chi connectivity index (χ4v) is 5.59. The summed E-state index contributed by atoms with van der Waals surface area (Å²) >= 11 is 1.49. The van der Waals surface area contributed by atoms with E-state index in [1.54, 1.807) is 12.1 Å². The predicted octanol–water partition coefficient (Wildman–Crippen LogP) is 1.21. The van der Waals surface area contributed by atoms with Gasteiger partial charge < -0.3 is 20.9 Å². The summed E-state index contributed by atoms with van der Waals surface area (Å²) in [4.78, 5) is 29.4. The van der Waals surface area contributed by atoms with Crippen molar-refractivity contribution in [2.24, 2.45) is 5.73 Å². The molecule has 8 heteroatoms. The van der Waals surface area contributed by atoms with Gasteiger partial charge in [-0.05, 0) is 56.0 Å². The molecule has 6 nitrogen and oxygen atoms in total. The van der Waals surface area contributed by atoms with Crippen LogP contribution in [-0.2, 0) is 17.6 Å². The molecule has 29 heavy (non-hydrogen) atoms. The minimum atomic E-state index is -0.465. The standard InChI is InChI=1S/C21H25FN4O2S/c1-13(25-9-11-26(12-10-25)15-7-5-14(22)6-8-15)20(28)24-21-18(19(23)27)16-3-2-4-17(16)29-21/h5-8,13H,2-4,9-12H2,1H3,(H2,23,27)(H,24,28)/p+1/t13-/m0/s1. The first kappa shape index (κ1) is 19.8. The molecule has 2 heterocycles. The lowest BCUT2D eigenvalue weighted by atomic mass is 10.1. The zero-order valence-corrected chi connectivity index (χ0v) is 17.3. The van der Waals surface area contributed by atoms with Gasteiger partial charge in [-0.1, -0.05) is 0 Å². The Balaban J connectivity index is 1.38. The summed E-state index contributed by atoms with van der Waals surface area (Å²) < 4.78 is 13.1. The van der Waals surface area contributed by atoms with Gasteiger partial charge in [-0.25, -0.2) is 4.39 Å². The zero-order chi connectivity index (χ0) is 20.5. The number of primary amides is 1. The number of hydrogen-bond acceptors (Lipinski definition) is 4. The van der Waals surface area contributed by atoms with E-state index in [0.717, 1.165) is 56.7 Å². The first-order valence-corrected chi connectivity index (χ1v) is 10.9. The lowest BCUT2D eigenvalue weighted by Crippen LogP contribution is -3.19. The average Bonchev–Trinajstić information content (AvgIpc) is 3.28. The SMILES string of the molecule is C[C@@H](C(=O)Nc1sc2c(c1C(N)=O)CCC2)[NH+]1CCN(c2ccc(F)cc2)CC1. The summed E-state index contributed by atoms with van der Waals surface area (Å²) in [6.45, 7) is 5.16. The molecule has 4 rings (SSSR count). The Hall–Kier alpha value is -2.45. The van der Waals surface area contributed by atoms with Gasteiger partial charge in [-0.15, -0.1) is 11.3 Å². The van der Waals surface area contributed by atoms with Gasteiger partial charge in [0.2, 0.25) is 0 Å². The average molecular weight is 418 g/mol. The van der Waals surface area contributed by atoms with Crippen molar-refractivity contribution in [3.05, 3.63) is 46.1 Å². The molecule has 1 aromatic heterocycles. The van der Waals surface area contributed by atoms with Crippen LogP contribution in [0.2, 0.25) is 0 Å². The van der Waals surface area contributed by atoms with Gasteiger partial charge in [0.25, 0.3) is 11.8 Å². The number of thiophene rings is 1. The molecule has 0 saturated carbocycles. The molecule has 1 aliphatic carbocycles. The molecule has 2 aromatic rings. The Labute approximate surface area is 173 Å². The number of quaternary nitrogens is 1.